The minimum absolute atomic E-state index is 0.318. The van der Waals surface area contributed by atoms with Crippen LogP contribution in [0, 0.1) is 11.6 Å². The molecular formula is C11H9F2NS. The van der Waals surface area contributed by atoms with Gasteiger partial charge in [0.2, 0.25) is 0 Å². The molecule has 1 aromatic carbocycles. The fourth-order valence-electron chi connectivity index (χ4n) is 1.38. The van der Waals surface area contributed by atoms with Crippen molar-refractivity contribution in [3.8, 4) is 0 Å². The number of halogens is 2. The first-order valence-electron chi connectivity index (χ1n) is 4.42. The van der Waals surface area contributed by atoms with Crippen LogP contribution >= 0.6 is 11.3 Å². The van der Waals surface area contributed by atoms with Crippen LogP contribution in [0.1, 0.15) is 16.5 Å². The van der Waals surface area contributed by atoms with Gasteiger partial charge in [0.25, 0.3) is 0 Å². The van der Waals surface area contributed by atoms with Gasteiger partial charge in [0.05, 0.1) is 6.04 Å². The summed E-state index contributed by atoms with van der Waals surface area (Å²) in [7, 11) is 0. The maximum absolute atomic E-state index is 13.4. The highest BCUT2D eigenvalue weighted by molar-refractivity contribution is 7.10. The van der Waals surface area contributed by atoms with Gasteiger partial charge in [-0.3, -0.25) is 0 Å². The highest BCUT2D eigenvalue weighted by Gasteiger charge is 2.14. The number of benzene rings is 1. The fraction of sp³-hybridized carbons (Fsp3) is 0.0909. The molecule has 0 saturated heterocycles. The highest BCUT2D eigenvalue weighted by atomic mass is 32.1. The largest absolute Gasteiger partial charge is 0.320 e. The predicted octanol–water partition coefficient (Wildman–Crippen LogP) is 3.07. The lowest BCUT2D eigenvalue weighted by atomic mass is 10.1. The molecule has 78 valence electrons. The Morgan fingerprint density at radius 3 is 2.60 bits per heavy atom. The highest BCUT2D eigenvalue weighted by Crippen LogP contribution is 2.25. The van der Waals surface area contributed by atoms with E-state index in [1.165, 1.54) is 23.5 Å². The number of thiophene rings is 1. The Balaban J connectivity index is 2.38. The molecule has 0 bridgehead atoms. The van der Waals surface area contributed by atoms with Gasteiger partial charge in [0, 0.05) is 16.5 Å². The van der Waals surface area contributed by atoms with E-state index >= 15 is 0 Å². The molecule has 4 heteroatoms. The van der Waals surface area contributed by atoms with Crippen LogP contribution in [0.5, 0.6) is 0 Å². The zero-order valence-electron chi connectivity index (χ0n) is 7.78. The van der Waals surface area contributed by atoms with E-state index in [-0.39, 0.29) is 0 Å². The Bertz CT molecular complexity index is 454. The molecule has 0 fully saturated rings. The lowest BCUT2D eigenvalue weighted by Crippen LogP contribution is -2.12. The average molecular weight is 225 g/mol. The lowest BCUT2D eigenvalue weighted by Gasteiger charge is -2.10. The molecule has 0 amide bonds. The Morgan fingerprint density at radius 2 is 2.00 bits per heavy atom. The summed E-state index contributed by atoms with van der Waals surface area (Å²) in [5.41, 5.74) is 6.18. The molecule has 2 rings (SSSR count). The SMILES string of the molecule is N[C@H](c1cccs1)c1ccc(F)cc1F. The first-order chi connectivity index (χ1) is 7.18. The molecule has 0 aliphatic heterocycles. The van der Waals surface area contributed by atoms with E-state index in [2.05, 4.69) is 0 Å². The zero-order chi connectivity index (χ0) is 10.8. The second-order valence-electron chi connectivity index (χ2n) is 3.16. The molecule has 0 radical (unpaired) electrons. The lowest BCUT2D eigenvalue weighted by molar-refractivity contribution is 0.566. The normalized spacial score (nSPS) is 12.7. The zero-order valence-corrected chi connectivity index (χ0v) is 8.60. The van der Waals surface area contributed by atoms with Crippen molar-refractivity contribution in [3.63, 3.8) is 0 Å². The van der Waals surface area contributed by atoms with Gasteiger partial charge in [-0.15, -0.1) is 11.3 Å². The summed E-state index contributed by atoms with van der Waals surface area (Å²) in [5, 5.41) is 1.87. The van der Waals surface area contributed by atoms with E-state index in [0.29, 0.717) is 5.56 Å². The number of hydrogen-bond acceptors (Lipinski definition) is 2. The quantitative estimate of drug-likeness (QED) is 0.835. The van der Waals surface area contributed by atoms with Crippen LogP contribution in [0.4, 0.5) is 8.78 Å². The Labute approximate surface area is 90.2 Å². The summed E-state index contributed by atoms with van der Waals surface area (Å²) in [4.78, 5) is 0.862. The monoisotopic (exact) mass is 225 g/mol. The maximum atomic E-state index is 13.4. The van der Waals surface area contributed by atoms with Crippen molar-refractivity contribution in [1.29, 1.82) is 0 Å². The molecule has 2 aromatic rings. The topological polar surface area (TPSA) is 26.0 Å². The summed E-state index contributed by atoms with van der Waals surface area (Å²) >= 11 is 1.45. The van der Waals surface area contributed by atoms with Gasteiger partial charge in [-0.05, 0) is 17.5 Å². The average Bonchev–Trinajstić information content (AvgIpc) is 2.69. The number of nitrogens with two attached hydrogens (primary N) is 1. The summed E-state index contributed by atoms with van der Waals surface area (Å²) in [6.45, 7) is 0. The van der Waals surface area contributed by atoms with Gasteiger partial charge >= 0.3 is 0 Å². The van der Waals surface area contributed by atoms with Crippen molar-refractivity contribution in [2.75, 3.05) is 0 Å². The van der Waals surface area contributed by atoms with Gasteiger partial charge in [0.15, 0.2) is 0 Å². The first-order valence-corrected chi connectivity index (χ1v) is 5.30. The van der Waals surface area contributed by atoms with Gasteiger partial charge in [-0.2, -0.15) is 0 Å². The molecule has 0 spiro atoms. The third-order valence-corrected chi connectivity index (χ3v) is 3.10. The summed E-state index contributed by atoms with van der Waals surface area (Å²) in [6, 6.07) is 6.61. The van der Waals surface area contributed by atoms with Gasteiger partial charge in [0.1, 0.15) is 11.6 Å². The number of hydrogen-bond donors (Lipinski definition) is 1. The van der Waals surface area contributed by atoms with Crippen LogP contribution in [0.2, 0.25) is 0 Å². The van der Waals surface area contributed by atoms with Crippen molar-refractivity contribution >= 4 is 11.3 Å². The molecule has 15 heavy (non-hydrogen) atoms. The standard InChI is InChI=1S/C11H9F2NS/c12-7-3-4-8(9(13)6-7)11(14)10-2-1-5-15-10/h1-6,11H,14H2/t11-/m0/s1. The van der Waals surface area contributed by atoms with E-state index in [1.54, 1.807) is 0 Å². The van der Waals surface area contributed by atoms with Crippen molar-refractivity contribution in [3.05, 3.63) is 57.8 Å². The fourth-order valence-corrected chi connectivity index (χ4v) is 2.12. The Kier molecular flexibility index (Phi) is 2.79. The van der Waals surface area contributed by atoms with Crippen LogP contribution in [-0.4, -0.2) is 0 Å². The molecule has 0 aliphatic rings. The second kappa shape index (κ2) is 4.08. The first kappa shape index (κ1) is 10.3. The second-order valence-corrected chi connectivity index (χ2v) is 4.14. The van der Waals surface area contributed by atoms with E-state index in [1.807, 2.05) is 17.5 Å². The predicted molar refractivity (Wildman–Crippen MR) is 56.7 cm³/mol. The summed E-state index contributed by atoms with van der Waals surface area (Å²) < 4.78 is 26.1. The van der Waals surface area contributed by atoms with E-state index < -0.39 is 17.7 Å². The van der Waals surface area contributed by atoms with Crippen molar-refractivity contribution in [1.82, 2.24) is 0 Å². The van der Waals surface area contributed by atoms with Gasteiger partial charge in [-0.1, -0.05) is 12.1 Å². The Morgan fingerprint density at radius 1 is 1.20 bits per heavy atom. The molecule has 1 aromatic heterocycles. The van der Waals surface area contributed by atoms with Crippen LogP contribution in [-0.2, 0) is 0 Å². The van der Waals surface area contributed by atoms with Crippen molar-refractivity contribution < 1.29 is 8.78 Å². The molecular weight excluding hydrogens is 216 g/mol. The minimum atomic E-state index is -0.601. The Hall–Kier alpha value is -1.26. The molecule has 0 aliphatic carbocycles. The van der Waals surface area contributed by atoms with E-state index in [4.69, 9.17) is 5.73 Å². The van der Waals surface area contributed by atoms with Crippen molar-refractivity contribution in [2.24, 2.45) is 5.73 Å². The molecule has 1 heterocycles. The van der Waals surface area contributed by atoms with Crippen LogP contribution in [0.3, 0.4) is 0 Å². The molecule has 2 N–H and O–H groups in total. The third-order valence-electron chi connectivity index (χ3n) is 2.15. The van der Waals surface area contributed by atoms with Crippen LogP contribution in [0.25, 0.3) is 0 Å². The van der Waals surface area contributed by atoms with Gasteiger partial charge in [-0.25, -0.2) is 8.78 Å². The smallest absolute Gasteiger partial charge is 0.131 e. The summed E-state index contributed by atoms with van der Waals surface area (Å²) in [5.74, 6) is -1.19. The number of rotatable bonds is 2. The molecule has 1 nitrogen and oxygen atoms in total. The van der Waals surface area contributed by atoms with Crippen LogP contribution < -0.4 is 5.73 Å². The molecule has 0 saturated carbocycles. The molecule has 0 unspecified atom stereocenters. The van der Waals surface area contributed by atoms with Crippen molar-refractivity contribution in [2.45, 2.75) is 6.04 Å². The van der Waals surface area contributed by atoms with Gasteiger partial charge < -0.3 is 5.73 Å². The van der Waals surface area contributed by atoms with Crippen LogP contribution in [0.15, 0.2) is 35.7 Å². The molecule has 1 atom stereocenters. The minimum Gasteiger partial charge on any atom is -0.320 e. The third kappa shape index (κ3) is 2.06. The van der Waals surface area contributed by atoms with E-state index in [9.17, 15) is 8.78 Å². The maximum Gasteiger partial charge on any atom is 0.131 e. The van der Waals surface area contributed by atoms with E-state index in [0.717, 1.165) is 10.9 Å². The summed E-state index contributed by atoms with van der Waals surface area (Å²) in [6.07, 6.45) is 0.